The Hall–Kier alpha value is -2.40. The summed E-state index contributed by atoms with van der Waals surface area (Å²) in [7, 11) is -4.76. The van der Waals surface area contributed by atoms with E-state index < -0.39 is 32.4 Å². The first-order valence-electron chi connectivity index (χ1n) is 10.5. The third-order valence-electron chi connectivity index (χ3n) is 4.75. The quantitative estimate of drug-likeness (QED) is 0.327. The van der Waals surface area contributed by atoms with Crippen LogP contribution in [-0.4, -0.2) is 25.1 Å². The van der Waals surface area contributed by atoms with Crippen LogP contribution in [0.15, 0.2) is 52.2 Å². The van der Waals surface area contributed by atoms with Crippen molar-refractivity contribution >= 4 is 62.2 Å². The van der Waals surface area contributed by atoms with Crippen LogP contribution in [0.5, 0.6) is 0 Å². The van der Waals surface area contributed by atoms with E-state index in [-0.39, 0.29) is 22.6 Å². The fraction of sp³-hybridized carbons (Fsp3) is 0.304. The average molecular weight is 561 g/mol. The van der Waals surface area contributed by atoms with E-state index in [0.29, 0.717) is 15.7 Å². The van der Waals surface area contributed by atoms with Crippen molar-refractivity contribution in [1.29, 1.82) is 0 Å². The lowest BCUT2D eigenvalue weighted by atomic mass is 10.0. The van der Waals surface area contributed by atoms with Gasteiger partial charge in [-0.15, -0.1) is 15.6 Å². The molecule has 12 heteroatoms. The summed E-state index contributed by atoms with van der Waals surface area (Å²) in [6.45, 7) is 6.66. The van der Waals surface area contributed by atoms with Gasteiger partial charge in [-0.2, -0.15) is 0 Å². The molecule has 1 heterocycles. The Morgan fingerprint density at radius 1 is 1.23 bits per heavy atom. The molecule has 7 nitrogen and oxygen atoms in total. The Morgan fingerprint density at radius 2 is 1.91 bits per heavy atom. The smallest absolute Gasteiger partial charge is 0.430 e. The summed E-state index contributed by atoms with van der Waals surface area (Å²) in [5.74, 6) is -1.32. The van der Waals surface area contributed by atoms with Gasteiger partial charge in [-0.1, -0.05) is 48.3 Å². The van der Waals surface area contributed by atoms with E-state index in [1.165, 1.54) is 10.9 Å². The van der Waals surface area contributed by atoms with Crippen molar-refractivity contribution in [2.45, 2.75) is 50.7 Å². The number of ether oxygens (including phenoxy) is 1. The fourth-order valence-electron chi connectivity index (χ4n) is 3.20. The molecular formula is C23H24Cl2FN3O4S2. The summed E-state index contributed by atoms with van der Waals surface area (Å²) < 4.78 is 47.7. The highest BCUT2D eigenvalue weighted by Gasteiger charge is 2.38. The molecule has 1 N–H and O–H groups in total. The molecule has 0 saturated carbocycles. The molecule has 0 aliphatic heterocycles. The number of thiazole rings is 1. The highest BCUT2D eigenvalue weighted by atomic mass is 35.5. The molecular weight excluding hydrogens is 536 g/mol. The molecule has 0 aliphatic rings. The van der Waals surface area contributed by atoms with E-state index in [2.05, 4.69) is 10.3 Å². The number of carbonyl (C=O) groups is 1. The number of aromatic nitrogens is 1. The number of halogens is 3. The number of hydrogen-bond acceptors (Lipinski definition) is 7. The van der Waals surface area contributed by atoms with Gasteiger partial charge in [0.25, 0.3) is 10.0 Å². The van der Waals surface area contributed by atoms with Crippen LogP contribution in [0.3, 0.4) is 0 Å². The predicted molar refractivity (Wildman–Crippen MR) is 138 cm³/mol. The number of nitrogens with one attached hydrogen (secondary N) is 1. The van der Waals surface area contributed by atoms with Gasteiger partial charge < -0.3 is 10.1 Å². The zero-order valence-corrected chi connectivity index (χ0v) is 22.5. The first kappa shape index (κ1) is 27.2. The van der Waals surface area contributed by atoms with Crippen LogP contribution in [-0.2, 0) is 14.8 Å². The molecule has 0 radical (unpaired) electrons. The monoisotopic (exact) mass is 559 g/mol. The van der Waals surface area contributed by atoms with Gasteiger partial charge >= 0.3 is 6.09 Å². The van der Waals surface area contributed by atoms with E-state index in [1.807, 2.05) is 19.1 Å². The summed E-state index contributed by atoms with van der Waals surface area (Å²) >= 11 is 13.7. The first-order valence-corrected chi connectivity index (χ1v) is 13.7. The first-order chi connectivity index (χ1) is 16.3. The van der Waals surface area contributed by atoms with Gasteiger partial charge in [-0.25, -0.2) is 22.6 Å². The number of hydrogen-bond donors (Lipinski definition) is 1. The van der Waals surface area contributed by atoms with Crippen LogP contribution in [0, 0.1) is 5.82 Å². The summed E-state index contributed by atoms with van der Waals surface area (Å²) in [4.78, 5) is 15.9. The van der Waals surface area contributed by atoms with Crippen molar-refractivity contribution in [1.82, 2.24) is 4.98 Å². The molecule has 0 bridgehead atoms. The minimum Gasteiger partial charge on any atom is -0.443 e. The second-order valence-corrected chi connectivity index (χ2v) is 11.8. The number of rotatable bonds is 7. The van der Waals surface area contributed by atoms with Crippen LogP contribution in [0.1, 0.15) is 45.7 Å². The standard InChI is InChI=1S/C23H24Cl2FN3O4S2/c1-5-18(14-8-6-7-9-15(14)24)28-19-11-17(26)20(10-16(19)25)35(31,32)29(21-12-34-13-27-21)22(30)33-23(2,3)4/h6-13,18,28H,5H2,1-4H3/t18-/m0/s1. The Balaban J connectivity index is 2.02. The van der Waals surface area contributed by atoms with E-state index in [9.17, 15) is 13.2 Å². The molecule has 0 saturated heterocycles. The maximum Gasteiger partial charge on any atom is 0.430 e. The molecule has 3 aromatic rings. The van der Waals surface area contributed by atoms with Gasteiger partial charge in [0.15, 0.2) is 5.82 Å². The molecule has 0 unspecified atom stereocenters. The number of sulfonamides is 1. The lowest BCUT2D eigenvalue weighted by molar-refractivity contribution is 0.0608. The predicted octanol–water partition coefficient (Wildman–Crippen LogP) is 7.28. The minimum atomic E-state index is -4.76. The average Bonchev–Trinajstić information content (AvgIpc) is 3.27. The third-order valence-corrected chi connectivity index (χ3v) is 7.66. The van der Waals surface area contributed by atoms with Crippen molar-refractivity contribution in [3.8, 4) is 0 Å². The number of benzene rings is 2. The molecule has 1 atom stereocenters. The molecule has 3 rings (SSSR count). The van der Waals surface area contributed by atoms with Crippen LogP contribution in [0.25, 0.3) is 0 Å². The van der Waals surface area contributed by atoms with E-state index >= 15 is 4.39 Å². The van der Waals surface area contributed by atoms with Gasteiger partial charge in [0.05, 0.1) is 22.3 Å². The summed E-state index contributed by atoms with van der Waals surface area (Å²) in [5.41, 5.74) is 1.30. The number of carbonyl (C=O) groups excluding carboxylic acids is 1. The van der Waals surface area contributed by atoms with Crippen LogP contribution in [0.4, 0.5) is 20.7 Å². The second kappa shape index (κ2) is 10.7. The molecule has 0 aliphatic carbocycles. The number of anilines is 2. The summed E-state index contributed by atoms with van der Waals surface area (Å²) in [6, 6.07) is 8.82. The SMILES string of the molecule is CC[C@H](Nc1cc(F)c(S(=O)(=O)N(C(=O)OC(C)(C)C)c2cscn2)cc1Cl)c1ccccc1Cl. The van der Waals surface area contributed by atoms with Gasteiger partial charge in [0, 0.05) is 10.4 Å². The van der Waals surface area contributed by atoms with Crippen molar-refractivity contribution in [3.63, 3.8) is 0 Å². The Labute approximate surface area is 217 Å². The molecule has 188 valence electrons. The molecule has 0 fully saturated rings. The Kier molecular flexibility index (Phi) is 8.31. The van der Waals surface area contributed by atoms with Gasteiger partial charge in [0.2, 0.25) is 0 Å². The largest absolute Gasteiger partial charge is 0.443 e. The molecule has 1 amide bonds. The van der Waals surface area contributed by atoms with Crippen molar-refractivity contribution in [2.24, 2.45) is 0 Å². The minimum absolute atomic E-state index is 0.0575. The molecule has 35 heavy (non-hydrogen) atoms. The van der Waals surface area contributed by atoms with E-state index in [0.717, 1.165) is 29.0 Å². The lowest BCUT2D eigenvalue weighted by Gasteiger charge is -2.26. The van der Waals surface area contributed by atoms with Crippen LogP contribution < -0.4 is 9.62 Å². The molecule has 0 spiro atoms. The van der Waals surface area contributed by atoms with E-state index in [1.54, 1.807) is 32.9 Å². The van der Waals surface area contributed by atoms with Crippen molar-refractivity contribution in [2.75, 3.05) is 9.62 Å². The van der Waals surface area contributed by atoms with Crippen molar-refractivity contribution < 1.29 is 22.3 Å². The Morgan fingerprint density at radius 3 is 2.49 bits per heavy atom. The maximum atomic E-state index is 15.3. The normalized spacial score (nSPS) is 12.8. The van der Waals surface area contributed by atoms with Crippen LogP contribution in [0.2, 0.25) is 10.0 Å². The zero-order chi connectivity index (χ0) is 26.0. The number of nitrogens with zero attached hydrogens (tertiary/aromatic N) is 2. The van der Waals surface area contributed by atoms with Gasteiger partial charge in [-0.3, -0.25) is 0 Å². The maximum absolute atomic E-state index is 15.3. The highest BCUT2D eigenvalue weighted by Crippen LogP contribution is 2.35. The fourth-order valence-corrected chi connectivity index (χ4v) is 5.69. The van der Waals surface area contributed by atoms with Gasteiger partial charge in [-0.05, 0) is 51.0 Å². The van der Waals surface area contributed by atoms with Gasteiger partial charge in [0.1, 0.15) is 16.3 Å². The zero-order valence-electron chi connectivity index (χ0n) is 19.4. The molecule has 1 aromatic heterocycles. The highest BCUT2D eigenvalue weighted by molar-refractivity contribution is 7.93. The molecule has 2 aromatic carbocycles. The Bertz CT molecular complexity index is 1310. The lowest BCUT2D eigenvalue weighted by Crippen LogP contribution is -2.41. The topological polar surface area (TPSA) is 88.6 Å². The summed E-state index contributed by atoms with van der Waals surface area (Å²) in [5, 5.41) is 4.93. The van der Waals surface area contributed by atoms with E-state index in [4.69, 9.17) is 27.9 Å². The number of amides is 1. The third kappa shape index (κ3) is 6.24. The van der Waals surface area contributed by atoms with Crippen LogP contribution >= 0.6 is 34.5 Å². The second-order valence-electron chi connectivity index (χ2n) is 8.49. The summed E-state index contributed by atoms with van der Waals surface area (Å²) in [6.07, 6.45) is -0.622. The van der Waals surface area contributed by atoms with Crippen molar-refractivity contribution in [3.05, 3.63) is 68.7 Å².